The van der Waals surface area contributed by atoms with Gasteiger partial charge in [-0.3, -0.25) is 4.79 Å². The van der Waals surface area contributed by atoms with Crippen LogP contribution in [0.5, 0.6) is 0 Å². The SMILES string of the molecule is CC1(C)CCC2(C(=O)OC3OC(CO)C(O)C(O)C3O)CCC3(C)C(=CCC4C5(C)CCC(OC6OC(CO)C(OC7OC(CO)C(O)C(O)C7O)C(O)C6OC6OC(CO)C(O)C(O)C6O)C(C)(C)C5CCC43C)C2C1. The van der Waals surface area contributed by atoms with Crippen LogP contribution >= 0.6 is 0 Å². The zero-order valence-electron chi connectivity index (χ0n) is 45.3. The van der Waals surface area contributed by atoms with E-state index in [1.807, 2.05) is 0 Å². The Kier molecular flexibility index (Phi) is 17.0. The lowest BCUT2D eigenvalue weighted by Gasteiger charge is -2.71. The Morgan fingerprint density at radius 2 is 1.01 bits per heavy atom. The summed E-state index contributed by atoms with van der Waals surface area (Å²) < 4.78 is 48.5. The number of carbonyl (C=O) groups is 1. The minimum absolute atomic E-state index is 0.0596. The molecule has 4 heterocycles. The van der Waals surface area contributed by atoms with Crippen molar-refractivity contribution in [1.82, 2.24) is 0 Å². The molecule has 23 heteroatoms. The van der Waals surface area contributed by atoms with E-state index in [0.29, 0.717) is 32.1 Å². The monoisotopic (exact) mass is 1100 g/mol. The molecular weight excluding hydrogens is 1020 g/mol. The van der Waals surface area contributed by atoms with Crippen molar-refractivity contribution in [3.63, 3.8) is 0 Å². The predicted octanol–water partition coefficient (Wildman–Crippen LogP) is -2.04. The van der Waals surface area contributed by atoms with Crippen LogP contribution in [-0.4, -0.2) is 233 Å². The molecule has 4 saturated heterocycles. The maximum Gasteiger partial charge on any atom is 0.315 e. The van der Waals surface area contributed by atoms with Gasteiger partial charge in [-0.1, -0.05) is 60.1 Å². The van der Waals surface area contributed by atoms with Crippen molar-refractivity contribution in [3.05, 3.63) is 11.6 Å². The Bertz CT molecular complexity index is 2110. The highest BCUT2D eigenvalue weighted by molar-refractivity contribution is 5.79. The molecule has 0 aromatic rings. The van der Waals surface area contributed by atoms with Crippen LogP contribution in [0.3, 0.4) is 0 Å². The average molecular weight is 1110 g/mol. The van der Waals surface area contributed by atoms with Gasteiger partial charge in [0.05, 0.1) is 37.9 Å². The van der Waals surface area contributed by atoms with Crippen molar-refractivity contribution in [2.24, 2.45) is 50.2 Å². The van der Waals surface area contributed by atoms with Gasteiger partial charge in [0.15, 0.2) is 18.9 Å². The molecule has 5 aliphatic carbocycles. The molecule has 0 spiro atoms. The number of fused-ring (bicyclic) bond motifs is 7. The Morgan fingerprint density at radius 3 is 1.56 bits per heavy atom. The number of esters is 1. The van der Waals surface area contributed by atoms with Gasteiger partial charge in [-0.2, -0.15) is 0 Å². The summed E-state index contributed by atoms with van der Waals surface area (Å²) >= 11 is 0. The largest absolute Gasteiger partial charge is 0.432 e. The highest BCUT2D eigenvalue weighted by Crippen LogP contribution is 2.76. The number of ether oxygens (including phenoxy) is 8. The standard InChI is InChI=1S/C54H88O23/c1-49(2)14-16-54(48(69)77-46-40(67)37(64)34(61)27(21-57)72-46)17-15-52(6)23(24(54)18-49)8-9-30-51(5)12-11-31(50(3,4)29(51)10-13-53(30,52)7)74-47-43(76-45-39(66)36(63)33(60)26(20-56)71-45)41(68)42(28(22-58)73-47)75-44-38(65)35(62)32(59)25(19-55)70-44/h8,24-47,55-68H,9-22H2,1-7H3. The number of carbonyl (C=O) groups excluding carboxylic acids is 1. The normalized spacial score (nSPS) is 53.4. The third kappa shape index (κ3) is 9.80. The summed E-state index contributed by atoms with van der Waals surface area (Å²) in [5.74, 6) is -0.475. The third-order valence-electron chi connectivity index (χ3n) is 21.4. The number of aliphatic hydroxyl groups excluding tert-OH is 14. The average Bonchev–Trinajstić information content (AvgIpc) is 3.45. The molecule has 8 fully saturated rings. The highest BCUT2D eigenvalue weighted by Gasteiger charge is 2.70. The quantitative estimate of drug-likeness (QED) is 0.0569. The third-order valence-corrected chi connectivity index (χ3v) is 21.4. The number of hydrogen-bond acceptors (Lipinski definition) is 23. The summed E-state index contributed by atoms with van der Waals surface area (Å²) in [4.78, 5) is 14.8. The molecule has 9 rings (SSSR count). The summed E-state index contributed by atoms with van der Waals surface area (Å²) in [5, 5.41) is 149. The van der Waals surface area contributed by atoms with Gasteiger partial charge in [0.1, 0.15) is 97.7 Å². The van der Waals surface area contributed by atoms with Crippen LogP contribution in [0, 0.1) is 50.2 Å². The molecule has 14 N–H and O–H groups in total. The minimum Gasteiger partial charge on any atom is -0.432 e. The number of allylic oxidation sites excluding steroid dienone is 2. The number of rotatable bonds is 12. The maximum atomic E-state index is 14.8. The molecular formula is C54H88O23. The van der Waals surface area contributed by atoms with Crippen LogP contribution in [0.25, 0.3) is 0 Å². The number of hydrogen-bond donors (Lipinski definition) is 14. The van der Waals surface area contributed by atoms with Crippen molar-refractivity contribution >= 4 is 5.97 Å². The first-order chi connectivity index (χ1) is 36.1. The smallest absolute Gasteiger partial charge is 0.315 e. The van der Waals surface area contributed by atoms with Gasteiger partial charge in [0, 0.05) is 0 Å². The van der Waals surface area contributed by atoms with E-state index in [1.165, 1.54) is 5.57 Å². The molecule has 0 aromatic heterocycles. The van der Waals surface area contributed by atoms with E-state index >= 15 is 0 Å². The minimum atomic E-state index is -1.91. The van der Waals surface area contributed by atoms with Gasteiger partial charge in [0.2, 0.25) is 6.29 Å². The molecule has 77 heavy (non-hydrogen) atoms. The lowest BCUT2D eigenvalue weighted by molar-refractivity contribution is -0.395. The molecule has 0 bridgehead atoms. The Balaban J connectivity index is 0.976. The number of aliphatic hydroxyl groups is 14. The second-order valence-corrected chi connectivity index (χ2v) is 26.3. The van der Waals surface area contributed by atoms with E-state index in [0.717, 1.165) is 32.1 Å². The highest BCUT2D eigenvalue weighted by atomic mass is 16.8. The van der Waals surface area contributed by atoms with Crippen molar-refractivity contribution in [2.45, 2.75) is 242 Å². The zero-order chi connectivity index (χ0) is 56.3. The van der Waals surface area contributed by atoms with Gasteiger partial charge >= 0.3 is 5.97 Å². The Labute approximate surface area is 449 Å². The summed E-state index contributed by atoms with van der Waals surface area (Å²) in [7, 11) is 0. The van der Waals surface area contributed by atoms with E-state index in [1.54, 1.807) is 0 Å². The first-order valence-electron chi connectivity index (χ1n) is 27.8. The van der Waals surface area contributed by atoms with Gasteiger partial charge in [-0.15, -0.1) is 0 Å². The zero-order valence-corrected chi connectivity index (χ0v) is 45.3. The summed E-state index contributed by atoms with van der Waals surface area (Å²) in [5.41, 5.74) is -1.21. The molecule has 4 saturated carbocycles. The van der Waals surface area contributed by atoms with Crippen molar-refractivity contribution in [1.29, 1.82) is 0 Å². The molecule has 23 nitrogen and oxygen atoms in total. The van der Waals surface area contributed by atoms with E-state index in [9.17, 15) is 76.3 Å². The van der Waals surface area contributed by atoms with Crippen molar-refractivity contribution < 1.29 is 114 Å². The summed E-state index contributed by atoms with van der Waals surface area (Å²) in [6.07, 6.45) is -24.6. The van der Waals surface area contributed by atoms with Crippen LogP contribution in [-0.2, 0) is 42.7 Å². The second kappa shape index (κ2) is 21.8. The molecule has 4 aliphatic heterocycles. The van der Waals surface area contributed by atoms with E-state index in [-0.39, 0.29) is 39.4 Å². The fourth-order valence-electron chi connectivity index (χ4n) is 16.5. The lowest BCUT2D eigenvalue weighted by Crippen LogP contribution is -2.68. The van der Waals surface area contributed by atoms with Crippen molar-refractivity contribution in [3.8, 4) is 0 Å². The Hall–Kier alpha value is -1.63. The fourth-order valence-corrected chi connectivity index (χ4v) is 16.5. The van der Waals surface area contributed by atoms with E-state index < -0.39 is 172 Å². The molecule has 9 aliphatic rings. The molecule has 0 aromatic carbocycles. The summed E-state index contributed by atoms with van der Waals surface area (Å²) in [6, 6.07) is 0. The first kappa shape index (κ1) is 60.0. The fraction of sp³-hybridized carbons (Fsp3) is 0.944. The van der Waals surface area contributed by atoms with Crippen molar-refractivity contribution in [2.75, 3.05) is 26.4 Å². The predicted molar refractivity (Wildman–Crippen MR) is 263 cm³/mol. The van der Waals surface area contributed by atoms with Crippen LogP contribution < -0.4 is 0 Å². The van der Waals surface area contributed by atoms with Crippen LogP contribution in [0.1, 0.15) is 113 Å². The van der Waals surface area contributed by atoms with Gasteiger partial charge in [-0.05, 0) is 109 Å². The molecule has 0 radical (unpaired) electrons. The first-order valence-corrected chi connectivity index (χ1v) is 27.8. The molecule has 442 valence electrons. The molecule has 28 atom stereocenters. The Morgan fingerprint density at radius 1 is 0.519 bits per heavy atom. The molecule has 28 unspecified atom stereocenters. The second-order valence-electron chi connectivity index (χ2n) is 26.3. The van der Waals surface area contributed by atoms with Crippen LogP contribution in [0.2, 0.25) is 0 Å². The van der Waals surface area contributed by atoms with Gasteiger partial charge in [0.25, 0.3) is 0 Å². The van der Waals surface area contributed by atoms with Gasteiger partial charge in [-0.25, -0.2) is 0 Å². The molecule has 0 amide bonds. The van der Waals surface area contributed by atoms with E-state index in [4.69, 9.17) is 37.9 Å². The summed E-state index contributed by atoms with van der Waals surface area (Å²) in [6.45, 7) is 12.8. The topological polar surface area (TPSA) is 374 Å². The van der Waals surface area contributed by atoms with Gasteiger partial charge < -0.3 is 109 Å². The van der Waals surface area contributed by atoms with E-state index in [2.05, 4.69) is 54.5 Å². The van der Waals surface area contributed by atoms with Crippen LogP contribution in [0.15, 0.2) is 11.6 Å². The maximum absolute atomic E-state index is 14.8. The lowest BCUT2D eigenvalue weighted by atomic mass is 9.33. The van der Waals surface area contributed by atoms with Crippen LogP contribution in [0.4, 0.5) is 0 Å².